The van der Waals surface area contributed by atoms with Crippen LogP contribution in [0.5, 0.6) is 0 Å². The molecular weight excluding hydrogens is 460 g/mol. The van der Waals surface area contributed by atoms with Crippen molar-refractivity contribution in [3.8, 4) is 0 Å². The zero-order valence-electron chi connectivity index (χ0n) is 19.5. The largest absolute Gasteiger partial charge is 0.480 e. The van der Waals surface area contributed by atoms with Gasteiger partial charge in [-0.2, -0.15) is 11.8 Å². The minimum absolute atomic E-state index is 0.311. The number of hydrogen-bond donors (Lipinski definition) is 5. The van der Waals surface area contributed by atoms with Gasteiger partial charge in [0.25, 0.3) is 0 Å². The Morgan fingerprint density at radius 3 is 2.47 bits per heavy atom. The summed E-state index contributed by atoms with van der Waals surface area (Å²) in [6.07, 6.45) is 2.19. The van der Waals surface area contributed by atoms with E-state index >= 15 is 0 Å². The molecule has 0 aromatic heterocycles. The van der Waals surface area contributed by atoms with Gasteiger partial charge in [0.05, 0.1) is 12.1 Å². The highest BCUT2D eigenvalue weighted by molar-refractivity contribution is 7.98. The predicted octanol–water partition coefficient (Wildman–Crippen LogP) is -0.264. The molecule has 1 heterocycles. The number of carbonyl (C=O) groups excluding carboxylic acids is 3. The number of aliphatic hydroxyl groups is 1. The van der Waals surface area contributed by atoms with Crippen molar-refractivity contribution in [2.75, 3.05) is 18.6 Å². The normalized spacial score (nSPS) is 19.1. The standard InChI is InChI=1S/C23H34N4O6S/c1-14(28)19(23(32)33)26-21(30)18-9-6-11-27(18)22(31)17(10-12-34-2)25-20(29)16(24)13-15-7-4-3-5-8-15/h3-5,7-8,14,16-19,28H,6,9-13,24H2,1-2H3,(H,25,29)(H,26,30)(H,32,33). The molecule has 10 nitrogen and oxygen atoms in total. The summed E-state index contributed by atoms with van der Waals surface area (Å²) in [5, 5.41) is 24.0. The fraction of sp³-hybridized carbons (Fsp3) is 0.565. The van der Waals surface area contributed by atoms with Crippen molar-refractivity contribution in [2.45, 2.75) is 62.9 Å². The van der Waals surface area contributed by atoms with E-state index in [9.17, 15) is 29.4 Å². The van der Waals surface area contributed by atoms with Crippen LogP contribution in [0.2, 0.25) is 0 Å². The Balaban J connectivity index is 2.09. The van der Waals surface area contributed by atoms with Crippen molar-refractivity contribution in [3.63, 3.8) is 0 Å². The Morgan fingerprint density at radius 2 is 1.88 bits per heavy atom. The average molecular weight is 495 g/mol. The number of carboxylic acids is 1. The number of benzene rings is 1. The molecule has 2 rings (SSSR count). The molecule has 11 heteroatoms. The number of carboxylic acid groups (broad SMARTS) is 1. The summed E-state index contributed by atoms with van der Waals surface area (Å²) in [6, 6.07) is 5.27. The smallest absolute Gasteiger partial charge is 0.328 e. The van der Waals surface area contributed by atoms with E-state index in [0.29, 0.717) is 38.0 Å². The molecule has 1 aliphatic heterocycles. The van der Waals surface area contributed by atoms with Gasteiger partial charge in [0.2, 0.25) is 17.7 Å². The maximum absolute atomic E-state index is 13.4. The lowest BCUT2D eigenvalue weighted by Gasteiger charge is -2.30. The van der Waals surface area contributed by atoms with E-state index in [0.717, 1.165) is 5.56 Å². The van der Waals surface area contributed by atoms with Gasteiger partial charge in [-0.3, -0.25) is 14.4 Å². The van der Waals surface area contributed by atoms with Crippen LogP contribution in [-0.4, -0.2) is 87.6 Å². The molecule has 0 bridgehead atoms. The molecule has 1 aromatic carbocycles. The van der Waals surface area contributed by atoms with Crippen molar-refractivity contribution in [2.24, 2.45) is 5.73 Å². The molecule has 34 heavy (non-hydrogen) atoms. The number of amides is 3. The number of aliphatic hydroxyl groups excluding tert-OH is 1. The quantitative estimate of drug-likeness (QED) is 0.265. The Labute approximate surface area is 203 Å². The Bertz CT molecular complexity index is 853. The number of carbonyl (C=O) groups is 4. The number of aliphatic carboxylic acids is 1. The topological polar surface area (TPSA) is 162 Å². The third-order valence-electron chi connectivity index (χ3n) is 5.75. The average Bonchev–Trinajstić information content (AvgIpc) is 3.29. The zero-order chi connectivity index (χ0) is 25.3. The number of thioether (sulfide) groups is 1. The highest BCUT2D eigenvalue weighted by Crippen LogP contribution is 2.20. The van der Waals surface area contributed by atoms with Gasteiger partial charge in [-0.15, -0.1) is 0 Å². The maximum Gasteiger partial charge on any atom is 0.328 e. The van der Waals surface area contributed by atoms with Crippen LogP contribution in [0.25, 0.3) is 0 Å². The lowest BCUT2D eigenvalue weighted by atomic mass is 10.1. The molecule has 1 saturated heterocycles. The first-order valence-electron chi connectivity index (χ1n) is 11.3. The van der Waals surface area contributed by atoms with Crippen molar-refractivity contribution in [3.05, 3.63) is 35.9 Å². The Hall–Kier alpha value is -2.63. The van der Waals surface area contributed by atoms with Crippen molar-refractivity contribution in [1.82, 2.24) is 15.5 Å². The zero-order valence-corrected chi connectivity index (χ0v) is 20.3. The fourth-order valence-electron chi connectivity index (χ4n) is 3.87. The Kier molecular flexibility index (Phi) is 10.8. The molecule has 188 valence electrons. The molecule has 1 aliphatic rings. The van der Waals surface area contributed by atoms with Crippen LogP contribution in [0.3, 0.4) is 0 Å². The number of nitrogens with one attached hydrogen (secondary N) is 2. The van der Waals surface area contributed by atoms with Crippen LogP contribution in [0.15, 0.2) is 30.3 Å². The minimum atomic E-state index is -1.48. The second-order valence-corrected chi connectivity index (χ2v) is 9.38. The SMILES string of the molecule is CSCCC(NC(=O)C(N)Cc1ccccc1)C(=O)N1CCCC1C(=O)NC(C(=O)O)C(C)O. The van der Waals surface area contributed by atoms with Crippen molar-refractivity contribution in [1.29, 1.82) is 0 Å². The molecule has 0 aliphatic carbocycles. The lowest BCUT2D eigenvalue weighted by Crippen LogP contribution is -2.58. The summed E-state index contributed by atoms with van der Waals surface area (Å²) >= 11 is 1.52. The monoisotopic (exact) mass is 494 g/mol. The van der Waals surface area contributed by atoms with E-state index < -0.39 is 54.0 Å². The van der Waals surface area contributed by atoms with E-state index in [1.165, 1.54) is 23.6 Å². The van der Waals surface area contributed by atoms with Gasteiger partial charge >= 0.3 is 5.97 Å². The highest BCUT2D eigenvalue weighted by atomic mass is 32.2. The summed E-state index contributed by atoms with van der Waals surface area (Å²) in [6.45, 7) is 1.58. The van der Waals surface area contributed by atoms with Gasteiger partial charge in [0, 0.05) is 6.54 Å². The van der Waals surface area contributed by atoms with Gasteiger partial charge in [0.15, 0.2) is 6.04 Å². The molecule has 1 aromatic rings. The van der Waals surface area contributed by atoms with Crippen LogP contribution in [0.1, 0.15) is 31.7 Å². The number of rotatable bonds is 12. The first-order valence-corrected chi connectivity index (χ1v) is 12.7. The van der Waals surface area contributed by atoms with Crippen LogP contribution < -0.4 is 16.4 Å². The molecule has 3 amide bonds. The number of nitrogens with two attached hydrogens (primary N) is 1. The molecule has 1 fully saturated rings. The van der Waals surface area contributed by atoms with Crippen molar-refractivity contribution < 1.29 is 29.4 Å². The summed E-state index contributed by atoms with van der Waals surface area (Å²) in [4.78, 5) is 51.6. The maximum atomic E-state index is 13.4. The minimum Gasteiger partial charge on any atom is -0.480 e. The molecular formula is C23H34N4O6S. The number of hydrogen-bond acceptors (Lipinski definition) is 7. The van der Waals surface area contributed by atoms with Gasteiger partial charge in [-0.1, -0.05) is 30.3 Å². The number of nitrogens with zero attached hydrogens (tertiary/aromatic N) is 1. The lowest BCUT2D eigenvalue weighted by molar-refractivity contribution is -0.147. The molecule has 0 radical (unpaired) electrons. The van der Waals surface area contributed by atoms with E-state index in [4.69, 9.17) is 5.73 Å². The van der Waals surface area contributed by atoms with E-state index in [2.05, 4.69) is 10.6 Å². The second kappa shape index (κ2) is 13.3. The van der Waals surface area contributed by atoms with Crippen LogP contribution in [0, 0.1) is 0 Å². The third-order valence-corrected chi connectivity index (χ3v) is 6.39. The Morgan fingerprint density at radius 1 is 1.21 bits per heavy atom. The molecule has 6 N–H and O–H groups in total. The van der Waals surface area contributed by atoms with Gasteiger partial charge in [-0.05, 0) is 50.2 Å². The highest BCUT2D eigenvalue weighted by Gasteiger charge is 2.39. The molecule has 0 spiro atoms. The predicted molar refractivity (Wildman–Crippen MR) is 129 cm³/mol. The van der Waals surface area contributed by atoms with Crippen molar-refractivity contribution >= 4 is 35.5 Å². The molecule has 5 unspecified atom stereocenters. The van der Waals surface area contributed by atoms with E-state index in [-0.39, 0.29) is 0 Å². The first-order chi connectivity index (χ1) is 16.1. The van der Waals surface area contributed by atoms with Gasteiger partial charge < -0.3 is 31.5 Å². The molecule has 5 atom stereocenters. The fourth-order valence-corrected chi connectivity index (χ4v) is 4.35. The summed E-state index contributed by atoms with van der Waals surface area (Å²) in [7, 11) is 0. The molecule has 0 saturated carbocycles. The van der Waals surface area contributed by atoms with Crippen LogP contribution in [0.4, 0.5) is 0 Å². The van der Waals surface area contributed by atoms with Crippen LogP contribution in [-0.2, 0) is 25.6 Å². The summed E-state index contributed by atoms with van der Waals surface area (Å²) in [5.41, 5.74) is 6.98. The third kappa shape index (κ3) is 7.71. The second-order valence-electron chi connectivity index (χ2n) is 8.39. The summed E-state index contributed by atoms with van der Waals surface area (Å²) in [5.74, 6) is -2.26. The van der Waals surface area contributed by atoms with E-state index in [1.54, 1.807) is 0 Å². The van der Waals surface area contributed by atoms with Gasteiger partial charge in [-0.25, -0.2) is 4.79 Å². The number of likely N-dealkylation sites (tertiary alicyclic amines) is 1. The van der Waals surface area contributed by atoms with E-state index in [1.807, 2.05) is 36.6 Å². The first kappa shape index (κ1) is 27.6. The van der Waals surface area contributed by atoms with Gasteiger partial charge in [0.1, 0.15) is 12.1 Å². The van der Waals surface area contributed by atoms with Crippen LogP contribution >= 0.6 is 11.8 Å². The summed E-state index contributed by atoms with van der Waals surface area (Å²) < 4.78 is 0.